The van der Waals surface area contributed by atoms with Crippen LogP contribution in [0.5, 0.6) is 5.75 Å². The van der Waals surface area contributed by atoms with Crippen LogP contribution in [0.25, 0.3) is 0 Å². The molecule has 1 aliphatic rings. The number of rotatable bonds is 7. The van der Waals surface area contributed by atoms with E-state index in [0.717, 1.165) is 42.0 Å². The predicted octanol–water partition coefficient (Wildman–Crippen LogP) is 4.08. The average molecular weight is 400 g/mol. The second kappa shape index (κ2) is 9.64. The number of carbonyl (C=O) groups excluding carboxylic acids is 2. The third-order valence-corrected chi connectivity index (χ3v) is 5.77. The fourth-order valence-electron chi connectivity index (χ4n) is 3.20. The van der Waals surface area contributed by atoms with Crippen LogP contribution in [0.3, 0.4) is 0 Å². The third kappa shape index (κ3) is 5.07. The molecule has 0 N–H and O–H groups in total. The van der Waals surface area contributed by atoms with Gasteiger partial charge in [-0.05, 0) is 44.0 Å². The fraction of sp³-hybridized carbons (Fsp3) is 0.364. The molecular weight excluding hydrogens is 374 g/mol. The van der Waals surface area contributed by atoms with Crippen LogP contribution in [0, 0.1) is 6.92 Å². The highest BCUT2D eigenvalue weighted by atomic mass is 32.2. The molecule has 0 radical (unpaired) electrons. The smallest absolute Gasteiger partial charge is 0.339 e. The molecule has 0 atom stereocenters. The molecule has 6 heteroatoms. The molecule has 0 saturated carbocycles. The van der Waals surface area contributed by atoms with Gasteiger partial charge in [0.15, 0.2) is 0 Å². The number of thioether (sulfide) groups is 1. The first kappa shape index (κ1) is 20.3. The van der Waals surface area contributed by atoms with Gasteiger partial charge in [0.1, 0.15) is 12.4 Å². The van der Waals surface area contributed by atoms with Crippen LogP contribution in [-0.4, -0.2) is 42.7 Å². The van der Waals surface area contributed by atoms with Crippen molar-refractivity contribution in [2.75, 3.05) is 26.0 Å². The Kier molecular flexibility index (Phi) is 6.98. The lowest BCUT2D eigenvalue weighted by atomic mass is 10.1. The van der Waals surface area contributed by atoms with Gasteiger partial charge in [0, 0.05) is 23.5 Å². The minimum Gasteiger partial charge on any atom is -0.496 e. The maximum Gasteiger partial charge on any atom is 0.339 e. The van der Waals surface area contributed by atoms with Crippen LogP contribution in [-0.2, 0) is 16.1 Å². The standard InChI is InChI=1S/C22H25NO4S/c1-16-9-10-19(26-2)17(13-16)14-27-22(25)18-7-3-4-8-20(18)28-15-21(24)23-11-5-6-12-23/h3-4,7-10,13H,5-6,11-12,14-15H2,1-2H3. The van der Waals surface area contributed by atoms with E-state index in [1.54, 1.807) is 19.2 Å². The van der Waals surface area contributed by atoms with Crippen molar-refractivity contribution in [2.45, 2.75) is 31.3 Å². The number of carbonyl (C=O) groups is 2. The van der Waals surface area contributed by atoms with Gasteiger partial charge in [-0.3, -0.25) is 4.79 Å². The Labute approximate surface area is 170 Å². The molecule has 0 spiro atoms. The summed E-state index contributed by atoms with van der Waals surface area (Å²) in [6.45, 7) is 3.78. The van der Waals surface area contributed by atoms with Crippen molar-refractivity contribution < 1.29 is 19.1 Å². The largest absolute Gasteiger partial charge is 0.496 e. The monoisotopic (exact) mass is 399 g/mol. The lowest BCUT2D eigenvalue weighted by molar-refractivity contribution is -0.127. The van der Waals surface area contributed by atoms with Gasteiger partial charge in [0.05, 0.1) is 18.4 Å². The van der Waals surface area contributed by atoms with Gasteiger partial charge >= 0.3 is 5.97 Å². The molecule has 1 fully saturated rings. The van der Waals surface area contributed by atoms with E-state index >= 15 is 0 Å². The Morgan fingerprint density at radius 1 is 1.11 bits per heavy atom. The molecule has 2 aromatic carbocycles. The second-order valence-electron chi connectivity index (χ2n) is 6.76. The number of amides is 1. The lowest BCUT2D eigenvalue weighted by Crippen LogP contribution is -2.29. The van der Waals surface area contributed by atoms with Gasteiger partial charge in [-0.25, -0.2) is 4.79 Å². The number of likely N-dealkylation sites (tertiary alicyclic amines) is 1. The summed E-state index contributed by atoms with van der Waals surface area (Å²) in [6.07, 6.45) is 2.14. The number of ether oxygens (including phenoxy) is 2. The highest BCUT2D eigenvalue weighted by molar-refractivity contribution is 8.00. The first-order valence-electron chi connectivity index (χ1n) is 9.38. The van der Waals surface area contributed by atoms with Gasteiger partial charge in [0.2, 0.25) is 5.91 Å². The summed E-state index contributed by atoms with van der Waals surface area (Å²) in [5.41, 5.74) is 2.38. The maximum atomic E-state index is 12.7. The van der Waals surface area contributed by atoms with Crippen molar-refractivity contribution in [3.63, 3.8) is 0 Å². The Morgan fingerprint density at radius 3 is 2.61 bits per heavy atom. The van der Waals surface area contributed by atoms with E-state index in [4.69, 9.17) is 9.47 Å². The summed E-state index contributed by atoms with van der Waals surface area (Å²) in [7, 11) is 1.60. The molecule has 0 unspecified atom stereocenters. The van der Waals surface area contributed by atoms with Crippen molar-refractivity contribution >= 4 is 23.6 Å². The number of aryl methyl sites for hydroxylation is 1. The quantitative estimate of drug-likeness (QED) is 0.519. The summed E-state index contributed by atoms with van der Waals surface area (Å²) < 4.78 is 10.9. The molecule has 148 valence electrons. The Hall–Kier alpha value is -2.47. The minimum absolute atomic E-state index is 0.121. The van der Waals surface area contributed by atoms with Crippen LogP contribution in [0.15, 0.2) is 47.4 Å². The van der Waals surface area contributed by atoms with Crippen molar-refractivity contribution in [2.24, 2.45) is 0 Å². The van der Waals surface area contributed by atoms with E-state index in [1.165, 1.54) is 11.8 Å². The molecule has 28 heavy (non-hydrogen) atoms. The van der Waals surface area contributed by atoms with Gasteiger partial charge in [0.25, 0.3) is 0 Å². The van der Waals surface area contributed by atoms with E-state index < -0.39 is 5.97 Å². The van der Waals surface area contributed by atoms with Crippen LogP contribution in [0.4, 0.5) is 0 Å². The number of benzene rings is 2. The highest BCUT2D eigenvalue weighted by Crippen LogP contribution is 2.26. The van der Waals surface area contributed by atoms with E-state index in [2.05, 4.69) is 0 Å². The maximum absolute atomic E-state index is 12.7. The Balaban J connectivity index is 1.64. The summed E-state index contributed by atoms with van der Waals surface area (Å²) in [5, 5.41) is 0. The summed E-state index contributed by atoms with van der Waals surface area (Å²) >= 11 is 1.39. The molecule has 2 aromatic rings. The van der Waals surface area contributed by atoms with E-state index in [1.807, 2.05) is 42.2 Å². The third-order valence-electron chi connectivity index (χ3n) is 4.71. The number of hydrogen-bond donors (Lipinski definition) is 0. The number of hydrogen-bond acceptors (Lipinski definition) is 5. The van der Waals surface area contributed by atoms with Crippen molar-refractivity contribution in [3.05, 3.63) is 59.2 Å². The lowest BCUT2D eigenvalue weighted by Gasteiger charge is -2.15. The van der Waals surface area contributed by atoms with Crippen LogP contribution in [0.2, 0.25) is 0 Å². The molecule has 0 aromatic heterocycles. The number of methoxy groups -OCH3 is 1. The average Bonchev–Trinajstić information content (AvgIpc) is 3.25. The van der Waals surface area contributed by atoms with E-state index in [-0.39, 0.29) is 12.5 Å². The molecule has 1 heterocycles. The van der Waals surface area contributed by atoms with Crippen molar-refractivity contribution in [1.29, 1.82) is 0 Å². The number of esters is 1. The van der Waals surface area contributed by atoms with E-state index in [9.17, 15) is 9.59 Å². The summed E-state index contributed by atoms with van der Waals surface area (Å²) in [5.74, 6) is 0.739. The van der Waals surface area contributed by atoms with Gasteiger partial charge < -0.3 is 14.4 Å². The normalized spacial score (nSPS) is 13.4. The summed E-state index contributed by atoms with van der Waals surface area (Å²) in [6, 6.07) is 13.0. The predicted molar refractivity (Wildman–Crippen MR) is 110 cm³/mol. The van der Waals surface area contributed by atoms with Gasteiger partial charge in [-0.15, -0.1) is 11.8 Å². The molecule has 0 bridgehead atoms. The minimum atomic E-state index is -0.403. The van der Waals surface area contributed by atoms with Gasteiger partial charge in [-0.2, -0.15) is 0 Å². The topological polar surface area (TPSA) is 55.8 Å². The first-order chi connectivity index (χ1) is 13.6. The van der Waals surface area contributed by atoms with Crippen molar-refractivity contribution in [3.8, 4) is 5.75 Å². The van der Waals surface area contributed by atoms with Crippen LogP contribution < -0.4 is 4.74 Å². The zero-order chi connectivity index (χ0) is 19.9. The van der Waals surface area contributed by atoms with Gasteiger partial charge in [-0.1, -0.05) is 23.8 Å². The Morgan fingerprint density at radius 2 is 1.86 bits per heavy atom. The molecule has 0 aliphatic carbocycles. The zero-order valence-electron chi connectivity index (χ0n) is 16.3. The highest BCUT2D eigenvalue weighted by Gasteiger charge is 2.20. The van der Waals surface area contributed by atoms with Crippen molar-refractivity contribution in [1.82, 2.24) is 4.90 Å². The Bertz CT molecular complexity index is 846. The van der Waals surface area contributed by atoms with Crippen LogP contribution in [0.1, 0.15) is 34.3 Å². The molecule has 3 rings (SSSR count). The SMILES string of the molecule is COc1ccc(C)cc1COC(=O)c1ccccc1SCC(=O)N1CCCC1. The zero-order valence-corrected chi connectivity index (χ0v) is 17.1. The second-order valence-corrected chi connectivity index (χ2v) is 7.78. The van der Waals surface area contributed by atoms with Crippen LogP contribution >= 0.6 is 11.8 Å². The van der Waals surface area contributed by atoms with E-state index in [0.29, 0.717) is 17.1 Å². The molecular formula is C22H25NO4S. The summed E-state index contributed by atoms with van der Waals surface area (Å²) in [4.78, 5) is 27.6. The fourth-order valence-corrected chi connectivity index (χ4v) is 4.14. The molecule has 1 aliphatic heterocycles. The molecule has 1 saturated heterocycles. The number of nitrogens with zero attached hydrogens (tertiary/aromatic N) is 1. The first-order valence-corrected chi connectivity index (χ1v) is 10.4. The molecule has 1 amide bonds. The molecule has 5 nitrogen and oxygen atoms in total.